The summed E-state index contributed by atoms with van der Waals surface area (Å²) in [6.07, 6.45) is -3.91. The molecule has 0 aliphatic carbocycles. The average molecular weight is 487 g/mol. The molecule has 4 rings (SSSR count). The molecule has 3 aromatic rings. The second kappa shape index (κ2) is 9.68. The highest BCUT2D eigenvalue weighted by atomic mass is 32.1. The zero-order chi connectivity index (χ0) is 24.3. The van der Waals surface area contributed by atoms with Crippen LogP contribution in [0.3, 0.4) is 0 Å². The van der Waals surface area contributed by atoms with Gasteiger partial charge in [0.2, 0.25) is 0 Å². The van der Waals surface area contributed by atoms with Crippen LogP contribution in [-0.2, 0) is 11.0 Å². The third-order valence-electron chi connectivity index (χ3n) is 5.34. The number of amides is 3. The molecule has 6 nitrogen and oxygen atoms in total. The Balaban J connectivity index is 1.45. The van der Waals surface area contributed by atoms with E-state index in [1.807, 2.05) is 47.8 Å². The Kier molecular flexibility index (Phi) is 6.69. The first-order valence-electron chi connectivity index (χ1n) is 10.4. The van der Waals surface area contributed by atoms with Crippen LogP contribution in [0.5, 0.6) is 0 Å². The summed E-state index contributed by atoms with van der Waals surface area (Å²) in [6, 6.07) is 16.6. The zero-order valence-corrected chi connectivity index (χ0v) is 18.9. The number of carbonyl (C=O) groups excluding carboxylic acids is 2. The fourth-order valence-corrected chi connectivity index (χ4v) is 4.30. The average Bonchev–Trinajstić information content (AvgIpc) is 3.49. The third-order valence-corrected chi connectivity index (χ3v) is 6.26. The van der Waals surface area contributed by atoms with Crippen molar-refractivity contribution in [1.29, 1.82) is 0 Å². The molecule has 0 bridgehead atoms. The van der Waals surface area contributed by atoms with Gasteiger partial charge in [-0.15, -0.1) is 11.3 Å². The third kappa shape index (κ3) is 5.28. The van der Waals surface area contributed by atoms with Crippen LogP contribution in [0.25, 0.3) is 0 Å². The van der Waals surface area contributed by atoms with Gasteiger partial charge in [0, 0.05) is 19.2 Å². The molecule has 34 heavy (non-hydrogen) atoms. The fourth-order valence-electron chi connectivity index (χ4n) is 3.58. The van der Waals surface area contributed by atoms with E-state index in [1.165, 1.54) is 40.4 Å². The standard InChI is InChI=1S/C24H21F3N4O2S/c1-30(23(33)28-18-11-9-17(10-12-18)24(25,26)27)15-22(32)31-20(16-6-3-2-4-7-16)14-19(29-31)21-8-5-13-34-21/h2-13,20H,14-15H2,1H3,(H,28,33)/t20-/m1/s1. The summed E-state index contributed by atoms with van der Waals surface area (Å²) >= 11 is 1.54. The monoisotopic (exact) mass is 486 g/mol. The summed E-state index contributed by atoms with van der Waals surface area (Å²) in [5, 5.41) is 10.4. The second-order valence-corrected chi connectivity index (χ2v) is 8.70. The Hall–Kier alpha value is -3.66. The molecular weight excluding hydrogens is 465 g/mol. The number of nitrogens with one attached hydrogen (secondary N) is 1. The van der Waals surface area contributed by atoms with E-state index in [-0.39, 0.29) is 24.2 Å². The maximum Gasteiger partial charge on any atom is 0.416 e. The maximum atomic E-state index is 13.1. The molecule has 0 spiro atoms. The molecule has 1 aromatic heterocycles. The number of benzene rings is 2. The van der Waals surface area contributed by atoms with E-state index in [0.29, 0.717) is 6.42 Å². The van der Waals surface area contributed by atoms with Crippen molar-refractivity contribution in [3.8, 4) is 0 Å². The summed E-state index contributed by atoms with van der Waals surface area (Å²) in [7, 11) is 1.44. The van der Waals surface area contributed by atoms with Crippen molar-refractivity contribution in [2.45, 2.75) is 18.6 Å². The molecule has 2 heterocycles. The predicted octanol–water partition coefficient (Wildman–Crippen LogP) is 5.61. The van der Waals surface area contributed by atoms with Crippen LogP contribution in [-0.4, -0.2) is 41.2 Å². The highest BCUT2D eigenvalue weighted by molar-refractivity contribution is 7.12. The zero-order valence-electron chi connectivity index (χ0n) is 18.1. The number of hydrazone groups is 1. The van der Waals surface area contributed by atoms with Gasteiger partial charge in [0.1, 0.15) is 6.54 Å². The minimum Gasteiger partial charge on any atom is -0.318 e. The van der Waals surface area contributed by atoms with Crippen LogP contribution in [0.15, 0.2) is 77.2 Å². The molecule has 1 atom stereocenters. The Labute approximate surface area is 198 Å². The number of alkyl halides is 3. The molecule has 1 aliphatic rings. The summed E-state index contributed by atoms with van der Waals surface area (Å²) in [5.74, 6) is -0.370. The summed E-state index contributed by atoms with van der Waals surface area (Å²) in [4.78, 5) is 27.8. The Morgan fingerprint density at radius 2 is 1.79 bits per heavy atom. The number of rotatable bonds is 5. The van der Waals surface area contributed by atoms with Crippen molar-refractivity contribution in [2.24, 2.45) is 5.10 Å². The Morgan fingerprint density at radius 1 is 1.09 bits per heavy atom. The van der Waals surface area contributed by atoms with Crippen LogP contribution in [0.1, 0.15) is 28.5 Å². The number of likely N-dealkylation sites (N-methyl/N-ethyl adjacent to an activating group) is 1. The van der Waals surface area contributed by atoms with E-state index >= 15 is 0 Å². The lowest BCUT2D eigenvalue weighted by molar-refractivity contribution is -0.137. The van der Waals surface area contributed by atoms with Crippen molar-refractivity contribution in [2.75, 3.05) is 18.9 Å². The quantitative estimate of drug-likeness (QED) is 0.510. The molecule has 0 saturated carbocycles. The number of nitrogens with zero attached hydrogens (tertiary/aromatic N) is 3. The lowest BCUT2D eigenvalue weighted by Gasteiger charge is -2.25. The fraction of sp³-hybridized carbons (Fsp3) is 0.208. The van der Waals surface area contributed by atoms with Crippen LogP contribution in [0.4, 0.5) is 23.7 Å². The van der Waals surface area contributed by atoms with Crippen molar-refractivity contribution in [3.63, 3.8) is 0 Å². The van der Waals surface area contributed by atoms with Gasteiger partial charge in [-0.1, -0.05) is 36.4 Å². The van der Waals surface area contributed by atoms with Gasteiger partial charge in [-0.05, 0) is 41.3 Å². The summed E-state index contributed by atoms with van der Waals surface area (Å²) < 4.78 is 38.2. The van der Waals surface area contributed by atoms with Gasteiger partial charge >= 0.3 is 12.2 Å². The molecule has 1 N–H and O–H groups in total. The number of anilines is 1. The number of hydrogen-bond donors (Lipinski definition) is 1. The largest absolute Gasteiger partial charge is 0.416 e. The molecule has 10 heteroatoms. The number of hydrogen-bond acceptors (Lipinski definition) is 4. The van der Waals surface area contributed by atoms with Crippen LogP contribution in [0, 0.1) is 0 Å². The molecular formula is C24H21F3N4O2S. The molecule has 2 aromatic carbocycles. The van der Waals surface area contributed by atoms with E-state index in [2.05, 4.69) is 10.4 Å². The van der Waals surface area contributed by atoms with E-state index in [4.69, 9.17) is 0 Å². The first-order chi connectivity index (χ1) is 16.2. The molecule has 3 amide bonds. The van der Waals surface area contributed by atoms with E-state index in [9.17, 15) is 22.8 Å². The lowest BCUT2D eigenvalue weighted by atomic mass is 10.0. The van der Waals surface area contributed by atoms with Crippen molar-refractivity contribution < 1.29 is 22.8 Å². The van der Waals surface area contributed by atoms with Gasteiger partial charge < -0.3 is 10.2 Å². The summed E-state index contributed by atoms with van der Waals surface area (Å²) in [5.41, 5.74) is 1.12. The first-order valence-corrected chi connectivity index (χ1v) is 11.3. The number of urea groups is 1. The minimum atomic E-state index is -4.46. The molecule has 176 valence electrons. The molecule has 0 fully saturated rings. The maximum absolute atomic E-state index is 13.1. The molecule has 0 radical (unpaired) electrons. The van der Waals surface area contributed by atoms with Gasteiger partial charge in [-0.25, -0.2) is 9.80 Å². The summed E-state index contributed by atoms with van der Waals surface area (Å²) in [6.45, 7) is -0.253. The smallest absolute Gasteiger partial charge is 0.318 e. The number of thiophene rings is 1. The van der Waals surface area contributed by atoms with Crippen molar-refractivity contribution >= 4 is 34.7 Å². The van der Waals surface area contributed by atoms with Crippen molar-refractivity contribution in [3.05, 3.63) is 88.1 Å². The van der Waals surface area contributed by atoms with Crippen LogP contribution < -0.4 is 5.32 Å². The highest BCUT2D eigenvalue weighted by Gasteiger charge is 2.34. The normalized spacial score (nSPS) is 15.7. The van der Waals surface area contributed by atoms with E-state index in [1.54, 1.807) is 0 Å². The Morgan fingerprint density at radius 3 is 2.41 bits per heavy atom. The molecule has 0 saturated heterocycles. The van der Waals surface area contributed by atoms with Crippen LogP contribution in [0.2, 0.25) is 0 Å². The predicted molar refractivity (Wildman–Crippen MR) is 125 cm³/mol. The van der Waals surface area contributed by atoms with Gasteiger partial charge in [-0.2, -0.15) is 18.3 Å². The van der Waals surface area contributed by atoms with E-state index in [0.717, 1.165) is 28.3 Å². The second-order valence-electron chi connectivity index (χ2n) is 7.75. The van der Waals surface area contributed by atoms with Gasteiger partial charge in [-0.3, -0.25) is 4.79 Å². The van der Waals surface area contributed by atoms with Gasteiger partial charge in [0.25, 0.3) is 5.91 Å². The Bertz CT molecular complexity index is 1180. The topological polar surface area (TPSA) is 65.0 Å². The lowest BCUT2D eigenvalue weighted by Crippen LogP contribution is -2.41. The molecule has 0 unspecified atom stereocenters. The minimum absolute atomic E-state index is 0.193. The first kappa shape index (κ1) is 23.5. The van der Waals surface area contributed by atoms with Gasteiger partial charge in [0.05, 0.1) is 22.2 Å². The van der Waals surface area contributed by atoms with Crippen LogP contribution >= 0.6 is 11.3 Å². The highest BCUT2D eigenvalue weighted by Crippen LogP contribution is 2.34. The SMILES string of the molecule is CN(CC(=O)N1N=C(c2cccs2)C[C@@H]1c1ccccc1)C(=O)Nc1ccc(C(F)(F)F)cc1. The van der Waals surface area contributed by atoms with Crippen molar-refractivity contribution in [1.82, 2.24) is 9.91 Å². The van der Waals surface area contributed by atoms with E-state index < -0.39 is 17.8 Å². The molecule has 1 aliphatic heterocycles. The van der Waals surface area contributed by atoms with Gasteiger partial charge in [0.15, 0.2) is 0 Å². The number of carbonyl (C=O) groups is 2. The number of halogens is 3.